The molecule has 1 aliphatic heterocycles. The summed E-state index contributed by atoms with van der Waals surface area (Å²) >= 11 is 3.36. The summed E-state index contributed by atoms with van der Waals surface area (Å²) < 4.78 is 0. The zero-order valence-corrected chi connectivity index (χ0v) is 6.19. The van der Waals surface area contributed by atoms with Gasteiger partial charge in [0.15, 0.2) is 0 Å². The third-order valence-electron chi connectivity index (χ3n) is 1.37. The van der Waals surface area contributed by atoms with Crippen LogP contribution in [0.15, 0.2) is 0 Å². The van der Waals surface area contributed by atoms with Crippen molar-refractivity contribution in [2.45, 2.75) is 17.4 Å². The molecule has 0 aromatic carbocycles. The molecule has 2 atom stereocenters. The smallest absolute Gasteiger partial charge is 0.0789 e. The van der Waals surface area contributed by atoms with Crippen molar-refractivity contribution < 1.29 is 5.11 Å². The van der Waals surface area contributed by atoms with Crippen molar-refractivity contribution in [2.24, 2.45) is 0 Å². The first-order chi connectivity index (χ1) is 3.80. The van der Waals surface area contributed by atoms with Crippen molar-refractivity contribution in [2.75, 3.05) is 13.1 Å². The maximum absolute atomic E-state index is 9.07. The second-order valence-electron chi connectivity index (χ2n) is 2.08. The summed E-state index contributed by atoms with van der Waals surface area (Å²) in [6.45, 7) is 1.75. The summed E-state index contributed by atoms with van der Waals surface area (Å²) in [7, 11) is 0. The van der Waals surface area contributed by atoms with Crippen LogP contribution in [0.1, 0.15) is 6.42 Å². The fourth-order valence-electron chi connectivity index (χ4n) is 0.810. The fourth-order valence-corrected chi connectivity index (χ4v) is 1.23. The number of hydrogen-bond donors (Lipinski definition) is 2. The number of rotatable bonds is 0. The summed E-state index contributed by atoms with van der Waals surface area (Å²) in [5.41, 5.74) is 0. The largest absolute Gasteiger partial charge is 0.391 e. The lowest BCUT2D eigenvalue weighted by molar-refractivity contribution is 0.151. The van der Waals surface area contributed by atoms with Crippen LogP contribution in [0.2, 0.25) is 0 Å². The molecule has 48 valence electrons. The average Bonchev–Trinajstić information content (AvgIpc) is 1.77. The predicted octanol–water partition coefficient (Wildman–Crippen LogP) is 0.104. The zero-order valence-electron chi connectivity index (χ0n) is 4.60. The molecule has 0 bridgehead atoms. The molecular formula is C5H10BrNO. The molecule has 8 heavy (non-hydrogen) atoms. The second-order valence-corrected chi connectivity index (χ2v) is 3.25. The zero-order chi connectivity index (χ0) is 5.98. The van der Waals surface area contributed by atoms with Crippen LogP contribution >= 0.6 is 15.9 Å². The molecule has 0 amide bonds. The van der Waals surface area contributed by atoms with Crippen LogP contribution in [-0.2, 0) is 0 Å². The molecule has 0 aromatic heterocycles. The van der Waals surface area contributed by atoms with Crippen LogP contribution in [0.4, 0.5) is 0 Å². The lowest BCUT2D eigenvalue weighted by atomic mass is 10.1. The molecule has 1 aliphatic rings. The topological polar surface area (TPSA) is 32.3 Å². The minimum atomic E-state index is -0.191. The third kappa shape index (κ3) is 1.44. The Morgan fingerprint density at radius 1 is 1.62 bits per heavy atom. The number of halogens is 1. The Labute approximate surface area is 57.4 Å². The van der Waals surface area contributed by atoms with Gasteiger partial charge in [0, 0.05) is 11.4 Å². The van der Waals surface area contributed by atoms with Crippen LogP contribution < -0.4 is 5.32 Å². The van der Waals surface area contributed by atoms with Crippen LogP contribution in [0.25, 0.3) is 0 Å². The molecule has 1 saturated heterocycles. The number of nitrogens with one attached hydrogen (secondary N) is 1. The Hall–Kier alpha value is 0.400. The Kier molecular flexibility index (Phi) is 2.28. The van der Waals surface area contributed by atoms with Gasteiger partial charge in [0.2, 0.25) is 0 Å². The molecule has 2 unspecified atom stereocenters. The van der Waals surface area contributed by atoms with E-state index in [4.69, 9.17) is 5.11 Å². The molecule has 0 aromatic rings. The molecular weight excluding hydrogens is 170 g/mol. The van der Waals surface area contributed by atoms with Gasteiger partial charge in [-0.3, -0.25) is 0 Å². The Morgan fingerprint density at radius 3 is 2.75 bits per heavy atom. The normalized spacial score (nSPS) is 39.8. The molecule has 1 heterocycles. The van der Waals surface area contributed by atoms with Gasteiger partial charge in [-0.25, -0.2) is 0 Å². The summed E-state index contributed by atoms with van der Waals surface area (Å²) in [4.78, 5) is 0.309. The van der Waals surface area contributed by atoms with Crippen LogP contribution in [0.3, 0.4) is 0 Å². The van der Waals surface area contributed by atoms with E-state index >= 15 is 0 Å². The monoisotopic (exact) mass is 179 g/mol. The van der Waals surface area contributed by atoms with Gasteiger partial charge in [-0.1, -0.05) is 15.9 Å². The molecule has 0 saturated carbocycles. The first kappa shape index (κ1) is 6.52. The SMILES string of the molecule is OC1CNCCC1Br. The van der Waals surface area contributed by atoms with Gasteiger partial charge in [-0.2, -0.15) is 0 Å². The van der Waals surface area contributed by atoms with E-state index in [0.717, 1.165) is 19.5 Å². The van der Waals surface area contributed by atoms with Gasteiger partial charge < -0.3 is 10.4 Å². The maximum atomic E-state index is 9.07. The van der Waals surface area contributed by atoms with Gasteiger partial charge in [-0.05, 0) is 13.0 Å². The van der Waals surface area contributed by atoms with Crippen molar-refractivity contribution in [3.05, 3.63) is 0 Å². The molecule has 0 aliphatic carbocycles. The van der Waals surface area contributed by atoms with Crippen molar-refractivity contribution in [1.82, 2.24) is 5.32 Å². The number of aliphatic hydroxyl groups is 1. The minimum Gasteiger partial charge on any atom is -0.391 e. The van der Waals surface area contributed by atoms with Gasteiger partial charge >= 0.3 is 0 Å². The molecule has 1 rings (SSSR count). The van der Waals surface area contributed by atoms with E-state index < -0.39 is 0 Å². The Bertz CT molecular complexity index is 68.8. The van der Waals surface area contributed by atoms with Gasteiger partial charge in [0.25, 0.3) is 0 Å². The summed E-state index contributed by atoms with van der Waals surface area (Å²) in [5.74, 6) is 0. The van der Waals surface area contributed by atoms with Crippen LogP contribution in [0.5, 0.6) is 0 Å². The Morgan fingerprint density at radius 2 is 2.38 bits per heavy atom. The Balaban J connectivity index is 2.28. The number of aliphatic hydroxyl groups excluding tert-OH is 1. The van der Waals surface area contributed by atoms with Gasteiger partial charge in [0.1, 0.15) is 0 Å². The lowest BCUT2D eigenvalue weighted by Crippen LogP contribution is -2.40. The van der Waals surface area contributed by atoms with E-state index in [0.29, 0.717) is 4.83 Å². The first-order valence-corrected chi connectivity index (χ1v) is 3.75. The number of piperidine rings is 1. The summed E-state index contributed by atoms with van der Waals surface area (Å²) in [6.07, 6.45) is 0.838. The van der Waals surface area contributed by atoms with E-state index in [9.17, 15) is 0 Å². The number of hydrogen-bond acceptors (Lipinski definition) is 2. The number of alkyl halides is 1. The fraction of sp³-hybridized carbons (Fsp3) is 1.00. The highest BCUT2D eigenvalue weighted by atomic mass is 79.9. The van der Waals surface area contributed by atoms with Gasteiger partial charge in [0.05, 0.1) is 6.10 Å². The summed E-state index contributed by atoms with van der Waals surface area (Å²) in [5, 5.41) is 12.2. The van der Waals surface area contributed by atoms with Crippen LogP contribution in [-0.4, -0.2) is 29.1 Å². The van der Waals surface area contributed by atoms with Crippen LogP contribution in [0, 0.1) is 0 Å². The average molecular weight is 180 g/mol. The molecule has 2 N–H and O–H groups in total. The second kappa shape index (κ2) is 2.80. The quantitative estimate of drug-likeness (QED) is 0.518. The minimum absolute atomic E-state index is 0.191. The highest BCUT2D eigenvalue weighted by molar-refractivity contribution is 9.09. The highest BCUT2D eigenvalue weighted by Gasteiger charge is 2.18. The van der Waals surface area contributed by atoms with Gasteiger partial charge in [-0.15, -0.1) is 0 Å². The van der Waals surface area contributed by atoms with E-state index in [1.165, 1.54) is 0 Å². The van der Waals surface area contributed by atoms with Crippen molar-refractivity contribution in [3.63, 3.8) is 0 Å². The van der Waals surface area contributed by atoms with E-state index in [1.807, 2.05) is 0 Å². The van der Waals surface area contributed by atoms with E-state index in [2.05, 4.69) is 21.2 Å². The van der Waals surface area contributed by atoms with Crippen molar-refractivity contribution >= 4 is 15.9 Å². The first-order valence-electron chi connectivity index (χ1n) is 2.83. The van der Waals surface area contributed by atoms with Crippen molar-refractivity contribution in [3.8, 4) is 0 Å². The lowest BCUT2D eigenvalue weighted by Gasteiger charge is -2.23. The maximum Gasteiger partial charge on any atom is 0.0789 e. The molecule has 1 fully saturated rings. The van der Waals surface area contributed by atoms with E-state index in [1.54, 1.807) is 0 Å². The third-order valence-corrected chi connectivity index (χ3v) is 2.44. The molecule has 2 nitrogen and oxygen atoms in total. The summed E-state index contributed by atoms with van der Waals surface area (Å²) in [6, 6.07) is 0. The predicted molar refractivity (Wildman–Crippen MR) is 36.2 cm³/mol. The highest BCUT2D eigenvalue weighted by Crippen LogP contribution is 2.12. The standard InChI is InChI=1S/C5H10BrNO/c6-4-1-2-7-3-5(4)8/h4-5,7-8H,1-3H2. The number of β-amino-alcohol motifs (C(OH)–C–C–N with tert-alkyl or cyclic N) is 1. The molecule has 3 heteroatoms. The van der Waals surface area contributed by atoms with Crippen molar-refractivity contribution in [1.29, 1.82) is 0 Å². The van der Waals surface area contributed by atoms with E-state index in [-0.39, 0.29) is 6.10 Å². The molecule has 0 radical (unpaired) electrons. The molecule has 0 spiro atoms.